The maximum atomic E-state index is 2.39. The molecule has 0 saturated heterocycles. The fourth-order valence-corrected chi connectivity index (χ4v) is 11.1. The number of hydrogen-bond acceptors (Lipinski definition) is 5. The molecule has 0 bridgehead atoms. The lowest BCUT2D eigenvalue weighted by Gasteiger charge is -2.32. The molecule has 0 aliphatic heterocycles. The van der Waals surface area contributed by atoms with Gasteiger partial charge < -0.3 is 24.5 Å². The molecule has 5 heteroatoms. The van der Waals surface area contributed by atoms with Gasteiger partial charge in [0, 0.05) is 85.3 Å². The van der Waals surface area contributed by atoms with Crippen LogP contribution >= 0.6 is 0 Å². The Labute approximate surface area is 484 Å². The summed E-state index contributed by atoms with van der Waals surface area (Å²) in [4.78, 5) is 11.8. The SMILES string of the molecule is Cc1cccc(N(c2ccccc2)c2cccc(N(c3ccccc3)c3cccc(N(c4ccccc4)c4cccc(N(c5ccccc5)c5cccc(N(c6ccccc6)c6cccc([C@@H](C)CCc7ccccc7)c6)c5)c4)c3)c2)c1. The van der Waals surface area contributed by atoms with E-state index in [2.05, 4.69) is 366 Å². The van der Waals surface area contributed by atoms with Gasteiger partial charge in [-0.2, -0.15) is 0 Å². The highest BCUT2D eigenvalue weighted by molar-refractivity contribution is 5.89. The van der Waals surface area contributed by atoms with Gasteiger partial charge in [-0.1, -0.05) is 177 Å². The van der Waals surface area contributed by atoms with E-state index in [1.807, 2.05) is 0 Å². The van der Waals surface area contributed by atoms with Gasteiger partial charge in [0.05, 0.1) is 0 Å². The van der Waals surface area contributed by atoms with Gasteiger partial charge in [0.15, 0.2) is 0 Å². The van der Waals surface area contributed by atoms with Crippen LogP contribution in [-0.2, 0) is 6.42 Å². The summed E-state index contributed by atoms with van der Waals surface area (Å²) < 4.78 is 0. The number of benzene rings is 12. The van der Waals surface area contributed by atoms with Crippen molar-refractivity contribution in [2.24, 2.45) is 0 Å². The second kappa shape index (κ2) is 24.8. The van der Waals surface area contributed by atoms with E-state index >= 15 is 0 Å². The predicted octanol–water partition coefficient (Wildman–Crippen LogP) is 22.1. The topological polar surface area (TPSA) is 16.2 Å². The number of hydrogen-bond donors (Lipinski definition) is 0. The Bertz CT molecular complexity index is 3990. The molecule has 1 atom stereocenters. The molecule has 0 radical (unpaired) electrons. The molecule has 0 heterocycles. The lowest BCUT2D eigenvalue weighted by Crippen LogP contribution is -2.15. The van der Waals surface area contributed by atoms with Crippen LogP contribution in [0.2, 0.25) is 0 Å². The average molecular weight is 1060 g/mol. The highest BCUT2D eigenvalue weighted by Crippen LogP contribution is 2.46. The second-order valence-corrected chi connectivity index (χ2v) is 20.8. The molecule has 0 N–H and O–H groups in total. The summed E-state index contributed by atoms with van der Waals surface area (Å²) in [5, 5.41) is 0. The summed E-state index contributed by atoms with van der Waals surface area (Å²) in [5.41, 5.74) is 19.8. The van der Waals surface area contributed by atoms with E-state index < -0.39 is 0 Å². The number of anilines is 15. The van der Waals surface area contributed by atoms with Gasteiger partial charge in [-0.25, -0.2) is 0 Å². The zero-order valence-electron chi connectivity index (χ0n) is 46.4. The summed E-state index contributed by atoms with van der Waals surface area (Å²) in [5.74, 6) is 0.379. The van der Waals surface area contributed by atoms with Crippen molar-refractivity contribution in [3.05, 3.63) is 344 Å². The lowest BCUT2D eigenvalue weighted by atomic mass is 9.93. The molecule has 5 nitrogen and oxygen atoms in total. The normalized spacial score (nSPS) is 11.3. The smallest absolute Gasteiger partial charge is 0.0482 e. The molecule has 0 aromatic heterocycles. The van der Waals surface area contributed by atoms with Crippen molar-refractivity contribution in [3.63, 3.8) is 0 Å². The van der Waals surface area contributed by atoms with Gasteiger partial charge in [-0.05, 0) is 200 Å². The summed E-state index contributed by atoms with van der Waals surface area (Å²) in [6.07, 6.45) is 2.10. The molecule has 0 aliphatic rings. The molecular formula is C77H65N5. The predicted molar refractivity (Wildman–Crippen MR) is 348 cm³/mol. The quantitative estimate of drug-likeness (QED) is 0.0800. The van der Waals surface area contributed by atoms with E-state index in [4.69, 9.17) is 0 Å². The van der Waals surface area contributed by atoms with E-state index in [1.165, 1.54) is 16.7 Å². The molecule has 0 unspecified atom stereocenters. The zero-order valence-corrected chi connectivity index (χ0v) is 46.4. The maximum absolute atomic E-state index is 2.39. The van der Waals surface area contributed by atoms with Crippen LogP contribution in [0.1, 0.15) is 36.0 Å². The van der Waals surface area contributed by atoms with Crippen LogP contribution in [0.4, 0.5) is 85.3 Å². The Morgan fingerprint density at radius 1 is 0.232 bits per heavy atom. The van der Waals surface area contributed by atoms with Crippen LogP contribution < -0.4 is 24.5 Å². The Morgan fingerprint density at radius 2 is 0.463 bits per heavy atom. The van der Waals surface area contributed by atoms with Crippen molar-refractivity contribution in [2.45, 2.75) is 32.6 Å². The molecule has 0 fully saturated rings. The zero-order chi connectivity index (χ0) is 55.5. The van der Waals surface area contributed by atoms with Crippen LogP contribution in [0.25, 0.3) is 0 Å². The van der Waals surface area contributed by atoms with Gasteiger partial charge in [0.25, 0.3) is 0 Å². The van der Waals surface area contributed by atoms with Crippen molar-refractivity contribution < 1.29 is 0 Å². The highest BCUT2D eigenvalue weighted by Gasteiger charge is 2.23. The minimum absolute atomic E-state index is 0.379. The van der Waals surface area contributed by atoms with Crippen LogP contribution in [0.3, 0.4) is 0 Å². The molecular weight excluding hydrogens is 995 g/mol. The summed E-state index contributed by atoms with van der Waals surface area (Å²) in [6.45, 7) is 4.50. The van der Waals surface area contributed by atoms with Gasteiger partial charge in [0.1, 0.15) is 0 Å². The van der Waals surface area contributed by atoms with Crippen molar-refractivity contribution in [3.8, 4) is 0 Å². The summed E-state index contributed by atoms with van der Waals surface area (Å²) in [7, 11) is 0. The molecule has 398 valence electrons. The van der Waals surface area contributed by atoms with E-state index in [1.54, 1.807) is 0 Å². The highest BCUT2D eigenvalue weighted by atomic mass is 15.2. The van der Waals surface area contributed by atoms with Gasteiger partial charge >= 0.3 is 0 Å². The minimum Gasteiger partial charge on any atom is -0.310 e. The maximum Gasteiger partial charge on any atom is 0.0482 e. The Balaban J connectivity index is 0.932. The third-order valence-electron chi connectivity index (χ3n) is 15.1. The molecule has 12 rings (SSSR count). The number of para-hydroxylation sites is 5. The van der Waals surface area contributed by atoms with Crippen LogP contribution in [0.15, 0.2) is 328 Å². The number of aryl methyl sites for hydroxylation is 2. The third-order valence-corrected chi connectivity index (χ3v) is 15.1. The molecule has 0 saturated carbocycles. The van der Waals surface area contributed by atoms with Crippen molar-refractivity contribution in [1.82, 2.24) is 0 Å². The van der Waals surface area contributed by atoms with E-state index in [0.717, 1.165) is 98.2 Å². The first-order valence-electron chi connectivity index (χ1n) is 28.4. The summed E-state index contributed by atoms with van der Waals surface area (Å²) >= 11 is 0. The molecule has 0 amide bonds. The molecule has 0 spiro atoms. The van der Waals surface area contributed by atoms with E-state index in [0.29, 0.717) is 5.92 Å². The van der Waals surface area contributed by atoms with Gasteiger partial charge in [-0.15, -0.1) is 0 Å². The first-order valence-corrected chi connectivity index (χ1v) is 28.4. The van der Waals surface area contributed by atoms with Crippen LogP contribution in [0.5, 0.6) is 0 Å². The standard InChI is InChI=1S/C77H65N5/c1-59-27-21-41-68(53-59)78(63-31-11-4-12-32-63)70-43-23-45-72(55-70)80(65-35-15-6-16-36-65)74-47-25-49-76(57-74)82(67-39-19-8-20-40-67)77-50-26-48-75(58-77)81(66-37-17-7-18-38-66)73-46-24-44-71(56-73)79(64-33-13-5-14-34-64)69-42-22-30-62(54-69)60(2)51-52-61-28-9-3-10-29-61/h3-50,53-58,60H,51-52H2,1-2H3/t60-/m0/s1. The van der Waals surface area contributed by atoms with E-state index in [-0.39, 0.29) is 0 Å². The van der Waals surface area contributed by atoms with Gasteiger partial charge in [0.2, 0.25) is 0 Å². The van der Waals surface area contributed by atoms with Crippen molar-refractivity contribution >= 4 is 85.3 Å². The minimum atomic E-state index is 0.379. The second-order valence-electron chi connectivity index (χ2n) is 20.8. The van der Waals surface area contributed by atoms with Crippen molar-refractivity contribution in [1.29, 1.82) is 0 Å². The lowest BCUT2D eigenvalue weighted by molar-refractivity contribution is 0.679. The Morgan fingerprint density at radius 3 is 0.756 bits per heavy atom. The first-order chi connectivity index (χ1) is 40.5. The fraction of sp³-hybridized carbons (Fsp3) is 0.0649. The largest absolute Gasteiger partial charge is 0.310 e. The van der Waals surface area contributed by atoms with Crippen LogP contribution in [0, 0.1) is 6.92 Å². The fourth-order valence-electron chi connectivity index (χ4n) is 11.1. The Hall–Kier alpha value is -10.4. The number of rotatable bonds is 19. The third kappa shape index (κ3) is 11.8. The average Bonchev–Trinajstić information content (AvgIpc) is 3.73. The molecule has 0 aliphatic carbocycles. The molecule has 12 aromatic carbocycles. The van der Waals surface area contributed by atoms with Gasteiger partial charge in [-0.3, -0.25) is 0 Å². The monoisotopic (exact) mass is 1060 g/mol. The molecule has 12 aromatic rings. The summed E-state index contributed by atoms with van der Waals surface area (Å²) in [6, 6.07) is 118. The number of nitrogens with zero attached hydrogens (tertiary/aromatic N) is 5. The molecule has 82 heavy (non-hydrogen) atoms. The van der Waals surface area contributed by atoms with Crippen LogP contribution in [-0.4, -0.2) is 0 Å². The first kappa shape index (κ1) is 52.3. The Kier molecular flexibility index (Phi) is 15.8. The van der Waals surface area contributed by atoms with Crippen molar-refractivity contribution in [2.75, 3.05) is 24.5 Å². The van der Waals surface area contributed by atoms with E-state index in [9.17, 15) is 0 Å².